The molecule has 160 valence electrons. The van der Waals surface area contributed by atoms with Crippen molar-refractivity contribution in [2.24, 2.45) is 5.10 Å². The highest BCUT2D eigenvalue weighted by molar-refractivity contribution is 6.37. The first kappa shape index (κ1) is 20.3. The predicted molar refractivity (Wildman–Crippen MR) is 116 cm³/mol. The van der Waals surface area contributed by atoms with E-state index in [1.165, 1.54) is 12.1 Å². The molecule has 12 heteroatoms. The molecule has 2 amide bonds. The van der Waals surface area contributed by atoms with Gasteiger partial charge in [0.1, 0.15) is 6.07 Å². The van der Waals surface area contributed by atoms with Gasteiger partial charge in [0.15, 0.2) is 23.8 Å². The first-order chi connectivity index (χ1) is 15.4. The number of H-pyrrole nitrogens is 1. The van der Waals surface area contributed by atoms with Crippen molar-refractivity contribution in [1.29, 1.82) is 5.26 Å². The smallest absolute Gasteiger partial charge is 0.344 e. The molecule has 0 aliphatic carbocycles. The summed E-state index contributed by atoms with van der Waals surface area (Å²) in [5, 5.41) is 24.3. The van der Waals surface area contributed by atoms with E-state index in [2.05, 4.69) is 20.6 Å². The van der Waals surface area contributed by atoms with Crippen LogP contribution in [-0.2, 0) is 4.74 Å². The fourth-order valence-corrected chi connectivity index (χ4v) is 3.83. The Morgan fingerprint density at radius 3 is 2.66 bits per heavy atom. The van der Waals surface area contributed by atoms with Crippen molar-refractivity contribution >= 4 is 51.4 Å². The van der Waals surface area contributed by atoms with E-state index in [-0.39, 0.29) is 38.6 Å². The molecule has 3 heterocycles. The van der Waals surface area contributed by atoms with Crippen molar-refractivity contribution in [2.45, 2.75) is 19.3 Å². The van der Waals surface area contributed by atoms with Gasteiger partial charge in [0, 0.05) is 0 Å². The summed E-state index contributed by atoms with van der Waals surface area (Å²) in [5.41, 5.74) is 0.800. The zero-order valence-corrected chi connectivity index (χ0v) is 17.7. The number of urea groups is 1. The van der Waals surface area contributed by atoms with E-state index in [0.29, 0.717) is 10.8 Å². The maximum Gasteiger partial charge on any atom is 0.344 e. The number of fused-ring (bicyclic) bond motifs is 2. The zero-order chi connectivity index (χ0) is 22.6. The molecule has 2 aliphatic rings. The van der Waals surface area contributed by atoms with Gasteiger partial charge in [0.2, 0.25) is 5.88 Å². The third kappa shape index (κ3) is 3.42. The largest absolute Gasteiger partial charge is 0.434 e. The number of nitriles is 1. The molecule has 2 atom stereocenters. The average Bonchev–Trinajstić information content (AvgIpc) is 3.52. The van der Waals surface area contributed by atoms with Crippen LogP contribution in [0.2, 0.25) is 10.0 Å². The van der Waals surface area contributed by atoms with Gasteiger partial charge in [-0.3, -0.25) is 4.79 Å². The minimum atomic E-state index is -0.604. The SMILES string of the molecule is Cc1ccc2c(Oc3c(Cl)cc(N4N=C(C#N)C5OC5NC4=O)cc3Cl)n[nH]c(=O)c2c1. The number of epoxide rings is 1. The maximum absolute atomic E-state index is 12.5. The summed E-state index contributed by atoms with van der Waals surface area (Å²) >= 11 is 12.8. The number of amides is 2. The number of hydrogen-bond acceptors (Lipinski definition) is 7. The van der Waals surface area contributed by atoms with Crippen LogP contribution >= 0.6 is 23.2 Å². The predicted octanol–water partition coefficient (Wildman–Crippen LogP) is 3.46. The van der Waals surface area contributed by atoms with Gasteiger partial charge in [-0.1, -0.05) is 34.8 Å². The van der Waals surface area contributed by atoms with Crippen LogP contribution in [0.5, 0.6) is 11.6 Å². The van der Waals surface area contributed by atoms with E-state index in [9.17, 15) is 14.9 Å². The normalized spacial score (nSPS) is 19.5. The van der Waals surface area contributed by atoms with Gasteiger partial charge in [0.25, 0.3) is 5.56 Å². The van der Waals surface area contributed by atoms with Crippen LogP contribution in [0.4, 0.5) is 10.5 Å². The maximum atomic E-state index is 12.5. The second kappa shape index (κ2) is 7.49. The Labute approximate surface area is 189 Å². The zero-order valence-electron chi connectivity index (χ0n) is 16.2. The van der Waals surface area contributed by atoms with Gasteiger partial charge >= 0.3 is 6.03 Å². The standard InChI is InChI=1S/C20H12Cl2N6O4/c1-8-2-3-10-11(4-8)17(29)25-26-18(10)31-15-12(21)5-9(6-13(15)22)28-20(30)24-19-16(32-19)14(7-23)27-28/h2-6,16,19H,1H3,(H,24,30)(H,25,29). The van der Waals surface area contributed by atoms with Crippen molar-refractivity contribution in [3.63, 3.8) is 0 Å². The number of nitrogens with zero attached hydrogens (tertiary/aromatic N) is 4. The van der Waals surface area contributed by atoms with Crippen molar-refractivity contribution in [3.8, 4) is 17.7 Å². The lowest BCUT2D eigenvalue weighted by Gasteiger charge is -2.18. The molecule has 5 rings (SSSR count). The number of carbonyl (C=O) groups excluding carboxylic acids is 1. The molecule has 2 N–H and O–H groups in total. The molecular weight excluding hydrogens is 459 g/mol. The molecule has 2 aromatic carbocycles. The van der Waals surface area contributed by atoms with Gasteiger partial charge in [-0.15, -0.1) is 5.10 Å². The molecule has 3 aromatic rings. The number of benzene rings is 2. The number of halogens is 2. The average molecular weight is 471 g/mol. The highest BCUT2D eigenvalue weighted by atomic mass is 35.5. The topological polar surface area (TPSA) is 136 Å². The Morgan fingerprint density at radius 1 is 1.19 bits per heavy atom. The Kier molecular flexibility index (Phi) is 4.74. The van der Waals surface area contributed by atoms with Gasteiger partial charge in [-0.2, -0.15) is 15.4 Å². The lowest BCUT2D eigenvalue weighted by Crippen LogP contribution is -2.37. The van der Waals surface area contributed by atoms with Crippen LogP contribution in [0, 0.1) is 18.3 Å². The van der Waals surface area contributed by atoms with E-state index in [4.69, 9.17) is 32.7 Å². The van der Waals surface area contributed by atoms with E-state index in [1.54, 1.807) is 12.1 Å². The third-order valence-corrected chi connectivity index (χ3v) is 5.44. The lowest BCUT2D eigenvalue weighted by molar-refractivity contribution is 0.240. The number of hydrogen-bond donors (Lipinski definition) is 2. The van der Waals surface area contributed by atoms with Crippen LogP contribution in [0.1, 0.15) is 5.56 Å². The van der Waals surface area contributed by atoms with Crippen molar-refractivity contribution in [1.82, 2.24) is 15.5 Å². The Hall–Kier alpha value is -3.65. The monoisotopic (exact) mass is 470 g/mol. The second-order valence-corrected chi connectivity index (χ2v) is 7.90. The number of aromatic nitrogens is 2. The molecule has 1 aromatic heterocycles. The summed E-state index contributed by atoms with van der Waals surface area (Å²) in [5.74, 6) is 0.176. The van der Waals surface area contributed by atoms with Crippen molar-refractivity contribution < 1.29 is 14.3 Å². The Bertz CT molecular complexity index is 1410. The Balaban J connectivity index is 1.53. The number of carbonyl (C=O) groups is 1. The summed E-state index contributed by atoms with van der Waals surface area (Å²) in [4.78, 5) is 24.6. The Morgan fingerprint density at radius 2 is 1.94 bits per heavy atom. The molecule has 1 fully saturated rings. The summed E-state index contributed by atoms with van der Waals surface area (Å²) in [6.45, 7) is 1.86. The van der Waals surface area contributed by atoms with Gasteiger partial charge in [-0.25, -0.2) is 9.89 Å². The number of anilines is 1. The summed E-state index contributed by atoms with van der Waals surface area (Å²) < 4.78 is 11.0. The first-order valence-corrected chi connectivity index (χ1v) is 10.0. The van der Waals surface area contributed by atoms with Crippen LogP contribution in [0.3, 0.4) is 0 Å². The summed E-state index contributed by atoms with van der Waals surface area (Å²) in [6, 6.07) is 9.39. The molecule has 1 saturated heterocycles. The fourth-order valence-electron chi connectivity index (χ4n) is 3.28. The van der Waals surface area contributed by atoms with Crippen molar-refractivity contribution in [2.75, 3.05) is 5.01 Å². The van der Waals surface area contributed by atoms with Crippen LogP contribution in [0.15, 0.2) is 40.2 Å². The quantitative estimate of drug-likeness (QED) is 0.562. The molecule has 0 bridgehead atoms. The second-order valence-electron chi connectivity index (χ2n) is 7.08. The van der Waals surface area contributed by atoms with Gasteiger partial charge in [-0.05, 0) is 31.2 Å². The summed E-state index contributed by atoms with van der Waals surface area (Å²) in [7, 11) is 0. The molecule has 10 nitrogen and oxygen atoms in total. The van der Waals surface area contributed by atoms with Crippen molar-refractivity contribution in [3.05, 3.63) is 56.3 Å². The fraction of sp³-hybridized carbons (Fsp3) is 0.150. The number of nitrogens with one attached hydrogen (secondary N) is 2. The number of aryl methyl sites for hydroxylation is 1. The van der Waals surface area contributed by atoms with Gasteiger partial charge < -0.3 is 14.8 Å². The minimum Gasteiger partial charge on any atom is -0.434 e. The number of hydrazone groups is 1. The lowest BCUT2D eigenvalue weighted by atomic mass is 10.1. The molecule has 2 unspecified atom stereocenters. The van der Waals surface area contributed by atoms with Gasteiger partial charge in [0.05, 0.1) is 26.5 Å². The number of aromatic amines is 1. The molecular formula is C20H12Cl2N6O4. The summed E-state index contributed by atoms with van der Waals surface area (Å²) in [6.07, 6.45) is -1.17. The van der Waals surface area contributed by atoms with E-state index < -0.39 is 18.4 Å². The van der Waals surface area contributed by atoms with E-state index in [1.807, 2.05) is 19.1 Å². The number of rotatable bonds is 3. The highest BCUT2D eigenvalue weighted by Gasteiger charge is 2.48. The first-order valence-electron chi connectivity index (χ1n) is 9.26. The molecule has 0 radical (unpaired) electrons. The molecule has 0 spiro atoms. The molecule has 32 heavy (non-hydrogen) atoms. The highest BCUT2D eigenvalue weighted by Crippen LogP contribution is 2.41. The third-order valence-electron chi connectivity index (χ3n) is 4.88. The van der Waals surface area contributed by atoms with E-state index in [0.717, 1.165) is 10.6 Å². The van der Waals surface area contributed by atoms with Crippen LogP contribution in [-0.4, -0.2) is 34.3 Å². The molecule has 0 saturated carbocycles. The van der Waals surface area contributed by atoms with E-state index >= 15 is 0 Å². The van der Waals surface area contributed by atoms with Crippen LogP contribution in [0.25, 0.3) is 10.8 Å². The number of ether oxygens (including phenoxy) is 2. The van der Waals surface area contributed by atoms with Crippen LogP contribution < -0.4 is 20.6 Å². The molecule has 2 aliphatic heterocycles. The minimum absolute atomic E-state index is 0.0418.